The predicted octanol–water partition coefficient (Wildman–Crippen LogP) is -1.19. The van der Waals surface area contributed by atoms with Crippen molar-refractivity contribution >= 4 is 23.5 Å². The fourth-order valence-corrected chi connectivity index (χ4v) is 2.50. The Kier molecular flexibility index (Phi) is 6.35. The Balaban J connectivity index is 0.000000217. The van der Waals surface area contributed by atoms with Crippen molar-refractivity contribution in [1.82, 2.24) is 0 Å². The zero-order valence-electron chi connectivity index (χ0n) is 7.10. The summed E-state index contributed by atoms with van der Waals surface area (Å²) < 4.78 is 5.42. The van der Waals surface area contributed by atoms with Gasteiger partial charge in [0.25, 0.3) is 0 Å². The molecule has 0 aromatic carbocycles. The minimum absolute atomic E-state index is 0.595. The van der Waals surface area contributed by atoms with E-state index in [-0.39, 0.29) is 0 Å². The van der Waals surface area contributed by atoms with Gasteiger partial charge in [-0.3, -0.25) is 0 Å². The van der Waals surface area contributed by atoms with E-state index in [4.69, 9.17) is 23.0 Å². The van der Waals surface area contributed by atoms with Crippen LogP contribution in [0.5, 0.6) is 0 Å². The largest absolute Gasteiger partial charge is 0.668 e. The van der Waals surface area contributed by atoms with Crippen LogP contribution in [0.25, 0.3) is 0 Å². The molecule has 1 aliphatic heterocycles. The second-order valence-corrected chi connectivity index (χ2v) is 6.51. The Labute approximate surface area is 77.5 Å². The standard InChI is InChI=1S/C4H8O.CH3.Al.H4O4Si/c1-2-3-4-5;;;1-5(2,3)4/h1-4H2;1H3;;1-4H/q-1;;+1;. The molecule has 0 spiro atoms. The molecule has 1 aliphatic rings. The van der Waals surface area contributed by atoms with Crippen LogP contribution in [0.3, 0.4) is 0 Å². The monoisotopic (exact) mass is 210 g/mol. The normalized spacial score (nSPS) is 18.2. The highest BCUT2D eigenvalue weighted by atomic mass is 28.4. The van der Waals surface area contributed by atoms with Crippen LogP contribution in [-0.2, 0) is 3.79 Å². The molecule has 0 amide bonds. The van der Waals surface area contributed by atoms with E-state index >= 15 is 0 Å². The molecule has 1 rings (SSSR count). The van der Waals surface area contributed by atoms with Crippen molar-refractivity contribution in [2.75, 3.05) is 6.61 Å². The van der Waals surface area contributed by atoms with E-state index in [0.717, 1.165) is 6.61 Å². The van der Waals surface area contributed by atoms with Crippen LogP contribution in [0.2, 0.25) is 11.1 Å². The summed E-state index contributed by atoms with van der Waals surface area (Å²) in [5.41, 5.74) is 0. The highest BCUT2D eigenvalue weighted by molar-refractivity contribution is 6.50. The van der Waals surface area contributed by atoms with Crippen molar-refractivity contribution in [3.8, 4) is 0 Å². The first-order valence-corrected chi connectivity index (χ1v) is 8.14. The van der Waals surface area contributed by atoms with Gasteiger partial charge in [0.05, 0.1) is 0 Å². The Bertz CT molecular complexity index is 105. The van der Waals surface area contributed by atoms with Crippen molar-refractivity contribution in [2.45, 2.75) is 23.9 Å². The molecule has 7 heteroatoms. The number of hydrogen-bond acceptors (Lipinski definition) is 5. The summed E-state index contributed by atoms with van der Waals surface area (Å²) in [6, 6.07) is 0. The van der Waals surface area contributed by atoms with Crippen molar-refractivity contribution in [2.24, 2.45) is 0 Å². The highest BCUT2D eigenvalue weighted by Crippen LogP contribution is 2.09. The third kappa shape index (κ3) is 13.2. The lowest BCUT2D eigenvalue weighted by atomic mass is 10.4. The second kappa shape index (κ2) is 6.07. The molecule has 1 heterocycles. The van der Waals surface area contributed by atoms with Crippen LogP contribution in [0.1, 0.15) is 12.8 Å². The van der Waals surface area contributed by atoms with Crippen molar-refractivity contribution in [1.29, 1.82) is 0 Å². The first-order chi connectivity index (χ1) is 5.39. The van der Waals surface area contributed by atoms with E-state index in [1.54, 1.807) is 0 Å². The number of rotatable bonds is 0. The summed E-state index contributed by atoms with van der Waals surface area (Å²) in [6.07, 6.45) is 2.73. The van der Waals surface area contributed by atoms with Gasteiger partial charge in [-0.2, -0.15) is 0 Å². The molecule has 0 saturated carbocycles. The Morgan fingerprint density at radius 1 is 1.17 bits per heavy atom. The minimum atomic E-state index is -4.61. The summed E-state index contributed by atoms with van der Waals surface area (Å²) in [4.78, 5) is 29.3. The van der Waals surface area contributed by atoms with E-state index < -0.39 is 23.5 Å². The Morgan fingerprint density at radius 2 is 1.67 bits per heavy atom. The zero-order chi connectivity index (χ0) is 9.61. The van der Waals surface area contributed by atoms with Crippen LogP contribution in [-0.4, -0.2) is 49.3 Å². The molecular weight excluding hydrogens is 195 g/mol. The molecule has 0 unspecified atom stereocenters. The first-order valence-electron chi connectivity index (χ1n) is 3.90. The quantitative estimate of drug-likeness (QED) is 0.377. The molecule has 0 radical (unpaired) electrons. The average Bonchev–Trinajstić information content (AvgIpc) is 1.85. The maximum Gasteiger partial charge on any atom is 0.668 e. The van der Waals surface area contributed by atoms with Crippen molar-refractivity contribution in [3.63, 3.8) is 0 Å². The molecule has 0 aromatic rings. The fraction of sp³-hybridized carbons (Fsp3) is 1.00. The number of hydrogen-bond donors (Lipinski definition) is 4. The molecule has 0 aromatic heterocycles. The molecule has 5 nitrogen and oxygen atoms in total. The van der Waals surface area contributed by atoms with Gasteiger partial charge in [0.1, 0.15) is 0 Å². The van der Waals surface area contributed by atoms with E-state index in [9.17, 15) is 0 Å². The lowest BCUT2D eigenvalue weighted by Crippen LogP contribution is -2.33. The van der Waals surface area contributed by atoms with Crippen LogP contribution in [0.15, 0.2) is 0 Å². The van der Waals surface area contributed by atoms with Gasteiger partial charge >= 0.3 is 23.5 Å². The Morgan fingerprint density at radius 3 is 1.83 bits per heavy atom. The molecule has 12 heavy (non-hydrogen) atoms. The van der Waals surface area contributed by atoms with Crippen LogP contribution >= 0.6 is 0 Å². The molecule has 1 fully saturated rings. The average molecular weight is 210 g/mol. The zero-order valence-corrected chi connectivity index (χ0v) is 9.26. The summed E-state index contributed by atoms with van der Waals surface area (Å²) in [7, 11) is -4.61. The fourth-order valence-electron chi connectivity index (χ4n) is 0.902. The summed E-state index contributed by atoms with van der Waals surface area (Å²) in [5, 5.41) is 1.40. The van der Waals surface area contributed by atoms with Gasteiger partial charge < -0.3 is 23.0 Å². The molecule has 0 atom stereocenters. The molecule has 1 saturated heterocycles. The molecular formula is C5H15AlO5Si. The maximum absolute atomic E-state index is 7.33. The maximum atomic E-state index is 7.33. The van der Waals surface area contributed by atoms with Gasteiger partial charge in [0.15, 0.2) is 0 Å². The third-order valence-corrected chi connectivity index (χ3v) is 3.43. The lowest BCUT2D eigenvalue weighted by Gasteiger charge is -2.13. The summed E-state index contributed by atoms with van der Waals surface area (Å²) in [6.45, 7) is 1.05. The Hall–Kier alpha value is 0.549. The third-order valence-electron chi connectivity index (χ3n) is 1.41. The molecule has 72 valence electrons. The van der Waals surface area contributed by atoms with Crippen molar-refractivity contribution < 1.29 is 23.0 Å². The molecule has 0 aliphatic carbocycles. The van der Waals surface area contributed by atoms with Crippen LogP contribution < -0.4 is 0 Å². The molecule has 0 bridgehead atoms. The summed E-state index contributed by atoms with van der Waals surface area (Å²) in [5.74, 6) is 2.28. The second-order valence-electron chi connectivity index (χ2n) is 2.78. The van der Waals surface area contributed by atoms with Crippen LogP contribution in [0.4, 0.5) is 0 Å². The van der Waals surface area contributed by atoms with Gasteiger partial charge in [-0.15, -0.1) is 0 Å². The molecule has 4 N–H and O–H groups in total. The summed E-state index contributed by atoms with van der Waals surface area (Å²) >= 11 is -0.595. The highest BCUT2D eigenvalue weighted by Gasteiger charge is 2.22. The van der Waals surface area contributed by atoms with Gasteiger partial charge in [-0.1, -0.05) is 17.5 Å². The van der Waals surface area contributed by atoms with Crippen molar-refractivity contribution in [3.05, 3.63) is 0 Å². The smallest absolute Gasteiger partial charge is 0.501 e. The SMILES string of the molecule is O[Si](O)(O)O.[CH3][Al]1[CH2]CCC[O]1. The van der Waals surface area contributed by atoms with E-state index in [1.165, 1.54) is 18.1 Å². The van der Waals surface area contributed by atoms with Gasteiger partial charge in [-0.05, 0) is 6.42 Å². The lowest BCUT2D eigenvalue weighted by molar-refractivity contribution is 0.117. The topological polar surface area (TPSA) is 90.2 Å². The predicted molar refractivity (Wildman–Crippen MR) is 46.2 cm³/mol. The van der Waals surface area contributed by atoms with Gasteiger partial charge in [-0.25, -0.2) is 0 Å². The minimum Gasteiger partial charge on any atom is -0.501 e. The van der Waals surface area contributed by atoms with Crippen LogP contribution in [0, 0.1) is 0 Å². The first kappa shape index (κ1) is 12.5. The van der Waals surface area contributed by atoms with Gasteiger partial charge in [0.2, 0.25) is 0 Å². The van der Waals surface area contributed by atoms with E-state index in [2.05, 4.69) is 5.79 Å². The van der Waals surface area contributed by atoms with E-state index in [1.807, 2.05) is 0 Å². The van der Waals surface area contributed by atoms with Gasteiger partial charge in [0, 0.05) is 6.61 Å². The van der Waals surface area contributed by atoms with E-state index in [0.29, 0.717) is 0 Å².